The first-order chi connectivity index (χ1) is 5.18. The summed E-state index contributed by atoms with van der Waals surface area (Å²) in [6.07, 6.45) is 6.54. The van der Waals surface area contributed by atoms with Crippen molar-refractivity contribution >= 4 is 0 Å². The molecule has 1 heteroatoms. The highest BCUT2D eigenvalue weighted by Gasteiger charge is 2.18. The third-order valence-electron chi connectivity index (χ3n) is 2.49. The Hall–Kier alpha value is -0.0400. The van der Waals surface area contributed by atoms with E-state index in [-0.39, 0.29) is 0 Å². The molecule has 0 aliphatic rings. The quantitative estimate of drug-likeness (QED) is 0.625. The average Bonchev–Trinajstić information content (AvgIpc) is 2.02. The van der Waals surface area contributed by atoms with Gasteiger partial charge in [-0.2, -0.15) is 0 Å². The van der Waals surface area contributed by atoms with Crippen LogP contribution in [0, 0.1) is 0 Å². The van der Waals surface area contributed by atoms with Crippen molar-refractivity contribution in [2.24, 2.45) is 0 Å². The van der Waals surface area contributed by atoms with Gasteiger partial charge in [0.15, 0.2) is 0 Å². The second kappa shape index (κ2) is 5.59. The number of hydrogen-bond acceptors (Lipinski definition) is 1. The van der Waals surface area contributed by atoms with Gasteiger partial charge in [0, 0.05) is 5.54 Å². The molecule has 0 heterocycles. The van der Waals surface area contributed by atoms with E-state index < -0.39 is 0 Å². The highest BCUT2D eigenvalue weighted by atomic mass is 14.9. The summed E-state index contributed by atoms with van der Waals surface area (Å²) in [6.45, 7) is 6.83. The maximum absolute atomic E-state index is 3.41. The zero-order valence-electron chi connectivity index (χ0n) is 8.54. The topological polar surface area (TPSA) is 12.0 Å². The predicted octanol–water partition coefficient (Wildman–Crippen LogP) is 2.95. The molecule has 0 fully saturated rings. The van der Waals surface area contributed by atoms with Crippen molar-refractivity contribution in [3.63, 3.8) is 0 Å². The Morgan fingerprint density at radius 2 is 1.73 bits per heavy atom. The summed E-state index contributed by atoms with van der Waals surface area (Å²) >= 11 is 0. The van der Waals surface area contributed by atoms with E-state index in [1.165, 1.54) is 32.1 Å². The van der Waals surface area contributed by atoms with Crippen molar-refractivity contribution in [3.05, 3.63) is 0 Å². The minimum atomic E-state index is 0.394. The fourth-order valence-corrected chi connectivity index (χ4v) is 1.49. The lowest BCUT2D eigenvalue weighted by Gasteiger charge is -2.28. The Balaban J connectivity index is 3.68. The fourth-order valence-electron chi connectivity index (χ4n) is 1.49. The first kappa shape index (κ1) is 11.0. The van der Waals surface area contributed by atoms with Gasteiger partial charge in [-0.1, -0.05) is 33.1 Å². The number of nitrogens with one attached hydrogen (secondary N) is 1. The molecule has 0 aliphatic carbocycles. The molecule has 11 heavy (non-hydrogen) atoms. The van der Waals surface area contributed by atoms with E-state index in [0.717, 1.165) is 0 Å². The molecule has 0 saturated carbocycles. The van der Waals surface area contributed by atoms with E-state index in [4.69, 9.17) is 0 Å². The lowest BCUT2D eigenvalue weighted by molar-refractivity contribution is 0.319. The Labute approximate surface area is 71.6 Å². The summed E-state index contributed by atoms with van der Waals surface area (Å²) < 4.78 is 0. The molecular weight excluding hydrogens is 134 g/mol. The summed E-state index contributed by atoms with van der Waals surface area (Å²) in [4.78, 5) is 0. The van der Waals surface area contributed by atoms with Crippen molar-refractivity contribution in [2.45, 2.75) is 58.4 Å². The van der Waals surface area contributed by atoms with Gasteiger partial charge in [0.2, 0.25) is 0 Å². The predicted molar refractivity (Wildman–Crippen MR) is 51.9 cm³/mol. The summed E-state index contributed by atoms with van der Waals surface area (Å²) in [6, 6.07) is 0. The zero-order chi connectivity index (χ0) is 8.74. The van der Waals surface area contributed by atoms with Crippen molar-refractivity contribution < 1.29 is 0 Å². The Bertz CT molecular complexity index is 90.9. The van der Waals surface area contributed by atoms with Crippen LogP contribution in [-0.2, 0) is 0 Å². The monoisotopic (exact) mass is 157 g/mol. The molecule has 1 N–H and O–H groups in total. The second-order valence-electron chi connectivity index (χ2n) is 3.66. The van der Waals surface area contributed by atoms with Gasteiger partial charge in [0.25, 0.3) is 0 Å². The molecule has 0 aromatic heterocycles. The molecule has 0 spiro atoms. The fraction of sp³-hybridized carbons (Fsp3) is 1.00. The molecule has 1 atom stereocenters. The van der Waals surface area contributed by atoms with Gasteiger partial charge in [-0.3, -0.25) is 0 Å². The Morgan fingerprint density at radius 3 is 2.09 bits per heavy atom. The van der Waals surface area contributed by atoms with Gasteiger partial charge in [-0.25, -0.2) is 0 Å². The number of rotatable bonds is 6. The third kappa shape index (κ3) is 4.41. The van der Waals surface area contributed by atoms with Crippen LogP contribution in [0.1, 0.15) is 52.9 Å². The minimum Gasteiger partial charge on any atom is -0.315 e. The minimum absolute atomic E-state index is 0.394. The Kier molecular flexibility index (Phi) is 5.57. The number of hydrogen-bond donors (Lipinski definition) is 1. The van der Waals surface area contributed by atoms with E-state index in [2.05, 4.69) is 33.1 Å². The first-order valence-corrected chi connectivity index (χ1v) is 4.87. The van der Waals surface area contributed by atoms with Crippen LogP contribution in [0.4, 0.5) is 0 Å². The molecule has 1 unspecified atom stereocenters. The van der Waals surface area contributed by atoms with Gasteiger partial charge < -0.3 is 5.32 Å². The molecule has 0 bridgehead atoms. The second-order valence-corrected chi connectivity index (χ2v) is 3.66. The molecule has 0 rings (SSSR count). The SMILES string of the molecule is CCCCC(C)(CCC)NC. The largest absolute Gasteiger partial charge is 0.315 e. The van der Waals surface area contributed by atoms with Gasteiger partial charge in [0.1, 0.15) is 0 Å². The van der Waals surface area contributed by atoms with Crippen LogP contribution in [0.5, 0.6) is 0 Å². The highest BCUT2D eigenvalue weighted by Crippen LogP contribution is 2.18. The van der Waals surface area contributed by atoms with Crippen molar-refractivity contribution in [1.82, 2.24) is 5.32 Å². The first-order valence-electron chi connectivity index (χ1n) is 4.87. The van der Waals surface area contributed by atoms with Gasteiger partial charge in [-0.05, 0) is 26.8 Å². The van der Waals surface area contributed by atoms with E-state index in [0.29, 0.717) is 5.54 Å². The van der Waals surface area contributed by atoms with Crippen LogP contribution in [0.15, 0.2) is 0 Å². The van der Waals surface area contributed by atoms with E-state index in [9.17, 15) is 0 Å². The summed E-state index contributed by atoms with van der Waals surface area (Å²) in [5, 5.41) is 3.41. The molecule has 0 aliphatic heterocycles. The smallest absolute Gasteiger partial charge is 0.0150 e. The standard InChI is InChI=1S/C10H23N/c1-5-7-9-10(3,11-4)8-6-2/h11H,5-9H2,1-4H3. The average molecular weight is 157 g/mol. The molecule has 1 nitrogen and oxygen atoms in total. The molecular formula is C10H23N. The van der Waals surface area contributed by atoms with E-state index in [1.54, 1.807) is 0 Å². The molecule has 0 amide bonds. The van der Waals surface area contributed by atoms with Crippen LogP contribution in [-0.4, -0.2) is 12.6 Å². The summed E-state index contributed by atoms with van der Waals surface area (Å²) in [7, 11) is 2.07. The lowest BCUT2D eigenvalue weighted by atomic mass is 9.90. The van der Waals surface area contributed by atoms with Gasteiger partial charge in [-0.15, -0.1) is 0 Å². The van der Waals surface area contributed by atoms with E-state index in [1.807, 2.05) is 0 Å². The molecule has 0 saturated heterocycles. The normalized spacial score (nSPS) is 16.4. The highest BCUT2D eigenvalue weighted by molar-refractivity contribution is 4.80. The molecule has 0 aromatic rings. The summed E-state index contributed by atoms with van der Waals surface area (Å²) in [5.74, 6) is 0. The van der Waals surface area contributed by atoms with Crippen LogP contribution < -0.4 is 5.32 Å². The number of unbranched alkanes of at least 4 members (excludes halogenated alkanes) is 1. The van der Waals surface area contributed by atoms with Crippen LogP contribution in [0.25, 0.3) is 0 Å². The van der Waals surface area contributed by atoms with E-state index >= 15 is 0 Å². The van der Waals surface area contributed by atoms with Crippen LogP contribution in [0.3, 0.4) is 0 Å². The Morgan fingerprint density at radius 1 is 1.09 bits per heavy atom. The summed E-state index contributed by atoms with van der Waals surface area (Å²) in [5.41, 5.74) is 0.394. The molecule has 0 aromatic carbocycles. The molecule has 0 radical (unpaired) electrons. The maximum atomic E-state index is 3.41. The molecule has 68 valence electrons. The van der Waals surface area contributed by atoms with Gasteiger partial charge in [0.05, 0.1) is 0 Å². The van der Waals surface area contributed by atoms with Crippen molar-refractivity contribution in [1.29, 1.82) is 0 Å². The van der Waals surface area contributed by atoms with Crippen LogP contribution >= 0.6 is 0 Å². The van der Waals surface area contributed by atoms with Crippen molar-refractivity contribution in [2.75, 3.05) is 7.05 Å². The van der Waals surface area contributed by atoms with Crippen molar-refractivity contribution in [3.8, 4) is 0 Å². The maximum Gasteiger partial charge on any atom is 0.0150 e. The zero-order valence-corrected chi connectivity index (χ0v) is 8.54. The lowest BCUT2D eigenvalue weighted by Crippen LogP contribution is -2.39. The van der Waals surface area contributed by atoms with Gasteiger partial charge >= 0.3 is 0 Å². The third-order valence-corrected chi connectivity index (χ3v) is 2.49. The van der Waals surface area contributed by atoms with Crippen LogP contribution in [0.2, 0.25) is 0 Å².